The van der Waals surface area contributed by atoms with Gasteiger partial charge < -0.3 is 10.1 Å². The first kappa shape index (κ1) is 25.1. The van der Waals surface area contributed by atoms with Gasteiger partial charge >= 0.3 is 5.97 Å². The zero-order chi connectivity index (χ0) is 25.5. The van der Waals surface area contributed by atoms with Gasteiger partial charge in [0.05, 0.1) is 24.4 Å². The average Bonchev–Trinajstić information content (AvgIpc) is 3.15. The van der Waals surface area contributed by atoms with Crippen LogP contribution in [0.4, 0.5) is 15.8 Å². The Morgan fingerprint density at radius 3 is 2.39 bits per heavy atom. The summed E-state index contributed by atoms with van der Waals surface area (Å²) in [6, 6.07) is 21.5. The molecule has 1 fully saturated rings. The fourth-order valence-corrected chi connectivity index (χ4v) is 4.70. The maximum atomic E-state index is 13.3. The second kappa shape index (κ2) is 11.6. The van der Waals surface area contributed by atoms with Gasteiger partial charge in [0, 0.05) is 12.1 Å². The smallest absolute Gasteiger partial charge is 0.338 e. The van der Waals surface area contributed by atoms with Gasteiger partial charge in [-0.2, -0.15) is 0 Å². The Hall–Kier alpha value is -3.98. The summed E-state index contributed by atoms with van der Waals surface area (Å²) in [6.45, 7) is 2.31. The number of hydrogen-bond acceptors (Lipinski definition) is 6. The molecule has 2 amide bonds. The van der Waals surface area contributed by atoms with Crippen molar-refractivity contribution in [2.45, 2.75) is 25.1 Å². The van der Waals surface area contributed by atoms with E-state index in [1.807, 2.05) is 30.3 Å². The first-order valence-corrected chi connectivity index (χ1v) is 12.2. The summed E-state index contributed by atoms with van der Waals surface area (Å²) in [7, 11) is 0. The number of hydrogen-bond donors (Lipinski definition) is 1. The molecule has 1 aliphatic rings. The van der Waals surface area contributed by atoms with E-state index < -0.39 is 11.2 Å². The Morgan fingerprint density at radius 2 is 1.72 bits per heavy atom. The number of amides is 2. The van der Waals surface area contributed by atoms with Crippen molar-refractivity contribution >= 4 is 46.1 Å². The standard InChI is InChI=1S/C27H24FN3O4S/c1-2-35-26(34)19-8-12-21(13-9-19)29-24(32)16-23-25(33)31(17-18-6-4-3-5-7-18)27(36-23)30-22-14-10-20(28)11-15-22/h3-15,23H,2,16-17H2,1H3,(H,29,32)/t23-/m1/s1. The summed E-state index contributed by atoms with van der Waals surface area (Å²) in [5, 5.41) is 2.56. The van der Waals surface area contributed by atoms with Crippen LogP contribution in [-0.2, 0) is 20.9 Å². The number of esters is 1. The van der Waals surface area contributed by atoms with E-state index in [1.54, 1.807) is 36.1 Å². The Morgan fingerprint density at radius 1 is 1.03 bits per heavy atom. The third-order valence-corrected chi connectivity index (χ3v) is 6.48. The lowest BCUT2D eigenvalue weighted by Crippen LogP contribution is -2.33. The van der Waals surface area contributed by atoms with Gasteiger partial charge in [0.15, 0.2) is 5.17 Å². The fraction of sp³-hybridized carbons (Fsp3) is 0.185. The molecule has 1 heterocycles. The van der Waals surface area contributed by atoms with Crippen LogP contribution in [0.5, 0.6) is 0 Å². The van der Waals surface area contributed by atoms with E-state index in [9.17, 15) is 18.8 Å². The number of anilines is 1. The van der Waals surface area contributed by atoms with Crippen LogP contribution in [-0.4, -0.2) is 39.7 Å². The molecular formula is C27H24FN3O4S. The van der Waals surface area contributed by atoms with Gasteiger partial charge in [-0.25, -0.2) is 14.2 Å². The first-order chi connectivity index (χ1) is 17.4. The summed E-state index contributed by atoms with van der Waals surface area (Å²) in [6.07, 6.45) is -0.0587. The van der Waals surface area contributed by atoms with E-state index in [0.717, 1.165) is 5.56 Å². The van der Waals surface area contributed by atoms with Crippen LogP contribution in [0.2, 0.25) is 0 Å². The lowest BCUT2D eigenvalue weighted by Gasteiger charge is -2.16. The molecule has 36 heavy (non-hydrogen) atoms. The molecule has 0 aliphatic carbocycles. The maximum Gasteiger partial charge on any atom is 0.338 e. The van der Waals surface area contributed by atoms with Crippen LogP contribution >= 0.6 is 11.8 Å². The van der Waals surface area contributed by atoms with Gasteiger partial charge in [0.2, 0.25) is 11.8 Å². The molecule has 0 bridgehead atoms. The van der Waals surface area contributed by atoms with E-state index in [-0.39, 0.29) is 30.7 Å². The number of carbonyl (C=O) groups excluding carboxylic acids is 3. The van der Waals surface area contributed by atoms with Crippen molar-refractivity contribution in [2.24, 2.45) is 4.99 Å². The van der Waals surface area contributed by atoms with Crippen molar-refractivity contribution in [2.75, 3.05) is 11.9 Å². The number of ether oxygens (including phenoxy) is 1. The number of halogens is 1. The van der Waals surface area contributed by atoms with E-state index in [0.29, 0.717) is 28.7 Å². The molecule has 0 spiro atoms. The normalized spacial score (nSPS) is 16.3. The Bertz CT molecular complexity index is 1260. The molecule has 9 heteroatoms. The zero-order valence-corrected chi connectivity index (χ0v) is 20.3. The monoisotopic (exact) mass is 505 g/mol. The van der Waals surface area contributed by atoms with Crippen LogP contribution in [0.1, 0.15) is 29.3 Å². The number of amidine groups is 1. The topological polar surface area (TPSA) is 88.1 Å². The molecule has 0 radical (unpaired) electrons. The van der Waals surface area contributed by atoms with E-state index >= 15 is 0 Å². The lowest BCUT2D eigenvalue weighted by molar-refractivity contribution is -0.128. The predicted molar refractivity (Wildman–Crippen MR) is 138 cm³/mol. The molecular weight excluding hydrogens is 481 g/mol. The van der Waals surface area contributed by atoms with Crippen molar-refractivity contribution < 1.29 is 23.5 Å². The molecule has 3 aromatic rings. The van der Waals surface area contributed by atoms with Crippen LogP contribution < -0.4 is 5.32 Å². The van der Waals surface area contributed by atoms with E-state index in [1.165, 1.54) is 36.0 Å². The van der Waals surface area contributed by atoms with Gasteiger partial charge in [-0.05, 0) is 61.0 Å². The van der Waals surface area contributed by atoms with Crippen molar-refractivity contribution in [3.63, 3.8) is 0 Å². The number of benzene rings is 3. The molecule has 184 valence electrons. The average molecular weight is 506 g/mol. The van der Waals surface area contributed by atoms with Crippen molar-refractivity contribution in [1.82, 2.24) is 4.90 Å². The van der Waals surface area contributed by atoms with Crippen LogP contribution in [0, 0.1) is 5.82 Å². The highest BCUT2D eigenvalue weighted by atomic mass is 32.2. The highest BCUT2D eigenvalue weighted by molar-refractivity contribution is 8.15. The minimum absolute atomic E-state index is 0.0587. The van der Waals surface area contributed by atoms with Crippen molar-refractivity contribution in [1.29, 1.82) is 0 Å². The van der Waals surface area contributed by atoms with Gasteiger partial charge in [-0.15, -0.1) is 0 Å². The summed E-state index contributed by atoms with van der Waals surface area (Å²) >= 11 is 1.21. The summed E-state index contributed by atoms with van der Waals surface area (Å²) in [5.74, 6) is -1.38. The third-order valence-electron chi connectivity index (χ3n) is 5.31. The number of carbonyl (C=O) groups is 3. The molecule has 0 saturated carbocycles. The number of aliphatic imine (C=N–C) groups is 1. The quantitative estimate of drug-likeness (QED) is 0.427. The summed E-state index contributed by atoms with van der Waals surface area (Å²) in [4.78, 5) is 43.9. The molecule has 1 aliphatic heterocycles. The van der Waals surface area contributed by atoms with Crippen LogP contribution in [0.3, 0.4) is 0 Å². The molecule has 7 nitrogen and oxygen atoms in total. The van der Waals surface area contributed by atoms with Gasteiger partial charge in [-0.1, -0.05) is 42.1 Å². The predicted octanol–water partition coefficient (Wildman–Crippen LogP) is 5.16. The van der Waals surface area contributed by atoms with Crippen LogP contribution in [0.15, 0.2) is 83.9 Å². The van der Waals surface area contributed by atoms with E-state index in [4.69, 9.17) is 4.74 Å². The first-order valence-electron chi connectivity index (χ1n) is 11.4. The number of thioether (sulfide) groups is 1. The summed E-state index contributed by atoms with van der Waals surface area (Å²) in [5.41, 5.74) is 2.32. The SMILES string of the molecule is CCOC(=O)c1ccc(NC(=O)C[C@H]2SC(=Nc3ccc(F)cc3)N(Cc3ccccc3)C2=O)cc1. The highest BCUT2D eigenvalue weighted by Gasteiger charge is 2.39. The Kier molecular flexibility index (Phi) is 8.12. The van der Waals surface area contributed by atoms with Gasteiger partial charge in [0.25, 0.3) is 0 Å². The molecule has 0 aromatic heterocycles. The van der Waals surface area contributed by atoms with Gasteiger partial charge in [-0.3, -0.25) is 14.5 Å². The number of nitrogens with zero attached hydrogens (tertiary/aromatic N) is 2. The van der Waals surface area contributed by atoms with Crippen LogP contribution in [0.25, 0.3) is 0 Å². The van der Waals surface area contributed by atoms with Crippen molar-refractivity contribution in [3.8, 4) is 0 Å². The fourth-order valence-electron chi connectivity index (χ4n) is 3.55. The Balaban J connectivity index is 1.47. The largest absolute Gasteiger partial charge is 0.462 e. The molecule has 1 atom stereocenters. The molecule has 1 N–H and O–H groups in total. The maximum absolute atomic E-state index is 13.3. The molecule has 3 aromatic carbocycles. The number of rotatable bonds is 8. The van der Waals surface area contributed by atoms with Crippen molar-refractivity contribution in [3.05, 3.63) is 95.8 Å². The second-order valence-electron chi connectivity index (χ2n) is 7.94. The van der Waals surface area contributed by atoms with E-state index in [2.05, 4.69) is 10.3 Å². The number of nitrogens with one attached hydrogen (secondary N) is 1. The minimum Gasteiger partial charge on any atom is -0.462 e. The zero-order valence-electron chi connectivity index (χ0n) is 19.5. The molecule has 1 saturated heterocycles. The highest BCUT2D eigenvalue weighted by Crippen LogP contribution is 2.33. The third kappa shape index (κ3) is 6.37. The minimum atomic E-state index is -0.660. The lowest BCUT2D eigenvalue weighted by atomic mass is 10.2. The molecule has 4 rings (SSSR count). The summed E-state index contributed by atoms with van der Waals surface area (Å²) < 4.78 is 18.3. The van der Waals surface area contributed by atoms with Gasteiger partial charge in [0.1, 0.15) is 11.1 Å². The Labute approximate surface area is 212 Å². The second-order valence-corrected chi connectivity index (χ2v) is 9.11. The molecule has 0 unspecified atom stereocenters.